The highest BCUT2D eigenvalue weighted by molar-refractivity contribution is 7.89. The van der Waals surface area contributed by atoms with Crippen LogP contribution in [0.2, 0.25) is 10.0 Å². The summed E-state index contributed by atoms with van der Waals surface area (Å²) in [5, 5.41) is -0.891. The zero-order valence-electron chi connectivity index (χ0n) is 11.4. The Balaban J connectivity index is 3.19. The molecule has 0 atom stereocenters. The third-order valence-corrected chi connectivity index (χ3v) is 5.32. The SMILES string of the molecule is CCOC(=O)CN(CC)S(=O)(=O)c1ccc(Cl)c(F)c1Cl. The van der Waals surface area contributed by atoms with E-state index in [1.807, 2.05) is 0 Å². The van der Waals surface area contributed by atoms with Crippen LogP contribution in [0.5, 0.6) is 0 Å². The topological polar surface area (TPSA) is 63.7 Å². The van der Waals surface area contributed by atoms with Crippen molar-refractivity contribution in [2.75, 3.05) is 19.7 Å². The third kappa shape index (κ3) is 4.06. The molecule has 0 fully saturated rings. The molecule has 0 aliphatic carbocycles. The van der Waals surface area contributed by atoms with Crippen molar-refractivity contribution in [2.45, 2.75) is 18.7 Å². The Hall–Kier alpha value is -0.890. The van der Waals surface area contributed by atoms with Crippen molar-refractivity contribution in [1.29, 1.82) is 0 Å². The van der Waals surface area contributed by atoms with Gasteiger partial charge in [-0.25, -0.2) is 12.8 Å². The maximum atomic E-state index is 13.6. The average molecular weight is 358 g/mol. The van der Waals surface area contributed by atoms with Crippen LogP contribution in [0.25, 0.3) is 0 Å². The minimum Gasteiger partial charge on any atom is -0.465 e. The summed E-state index contributed by atoms with van der Waals surface area (Å²) in [6.07, 6.45) is 0. The van der Waals surface area contributed by atoms with Crippen LogP contribution in [0.1, 0.15) is 13.8 Å². The summed E-state index contributed by atoms with van der Waals surface area (Å²) in [6.45, 7) is 2.80. The van der Waals surface area contributed by atoms with Crippen LogP contribution in [0, 0.1) is 5.82 Å². The second-order valence-electron chi connectivity index (χ2n) is 3.91. The van der Waals surface area contributed by atoms with E-state index < -0.39 is 38.3 Å². The first kappa shape index (κ1) is 18.2. The second-order valence-corrected chi connectivity index (χ2v) is 6.60. The number of halogens is 3. The largest absolute Gasteiger partial charge is 0.465 e. The highest BCUT2D eigenvalue weighted by atomic mass is 35.5. The summed E-state index contributed by atoms with van der Waals surface area (Å²) in [5.41, 5.74) is 0. The van der Waals surface area contributed by atoms with Gasteiger partial charge in [-0.05, 0) is 19.1 Å². The van der Waals surface area contributed by atoms with E-state index in [1.54, 1.807) is 6.92 Å². The number of esters is 1. The first-order valence-corrected chi connectivity index (χ1v) is 8.24. The fraction of sp³-hybridized carbons (Fsp3) is 0.417. The van der Waals surface area contributed by atoms with E-state index in [9.17, 15) is 17.6 Å². The van der Waals surface area contributed by atoms with Gasteiger partial charge in [0.15, 0.2) is 5.82 Å². The van der Waals surface area contributed by atoms with Crippen molar-refractivity contribution >= 4 is 39.2 Å². The number of ether oxygens (including phenoxy) is 1. The highest BCUT2D eigenvalue weighted by Crippen LogP contribution is 2.31. The van der Waals surface area contributed by atoms with E-state index in [-0.39, 0.29) is 18.2 Å². The lowest BCUT2D eigenvalue weighted by Gasteiger charge is -2.20. The molecule has 0 aliphatic rings. The lowest BCUT2D eigenvalue weighted by Crippen LogP contribution is -2.36. The molecule has 0 bridgehead atoms. The summed E-state index contributed by atoms with van der Waals surface area (Å²) in [5.74, 6) is -1.72. The van der Waals surface area contributed by atoms with Crippen LogP contribution in [0.4, 0.5) is 4.39 Å². The summed E-state index contributed by atoms with van der Waals surface area (Å²) in [6, 6.07) is 2.19. The van der Waals surface area contributed by atoms with Gasteiger partial charge in [0.1, 0.15) is 11.4 Å². The van der Waals surface area contributed by atoms with Gasteiger partial charge < -0.3 is 4.74 Å². The Kier molecular flexibility index (Phi) is 6.40. The molecule has 21 heavy (non-hydrogen) atoms. The lowest BCUT2D eigenvalue weighted by molar-refractivity contribution is -0.143. The predicted molar refractivity (Wildman–Crippen MR) is 77.5 cm³/mol. The summed E-state index contributed by atoms with van der Waals surface area (Å²) in [7, 11) is -4.13. The van der Waals surface area contributed by atoms with Gasteiger partial charge >= 0.3 is 5.97 Å². The van der Waals surface area contributed by atoms with Crippen LogP contribution >= 0.6 is 23.2 Å². The number of benzene rings is 1. The Labute approximate surface area is 132 Å². The lowest BCUT2D eigenvalue weighted by atomic mass is 10.3. The van der Waals surface area contributed by atoms with Crippen LogP contribution in [-0.4, -0.2) is 38.4 Å². The van der Waals surface area contributed by atoms with Gasteiger partial charge in [0, 0.05) is 6.54 Å². The van der Waals surface area contributed by atoms with E-state index in [0.717, 1.165) is 16.4 Å². The Morgan fingerprint density at radius 2 is 1.95 bits per heavy atom. The zero-order valence-corrected chi connectivity index (χ0v) is 13.7. The van der Waals surface area contributed by atoms with Crippen molar-refractivity contribution in [3.05, 3.63) is 28.0 Å². The van der Waals surface area contributed by atoms with Gasteiger partial charge in [-0.2, -0.15) is 4.31 Å². The molecule has 0 aromatic heterocycles. The molecule has 0 radical (unpaired) electrons. The maximum Gasteiger partial charge on any atom is 0.321 e. The van der Waals surface area contributed by atoms with Crippen LogP contribution in [0.3, 0.4) is 0 Å². The molecule has 0 N–H and O–H groups in total. The van der Waals surface area contributed by atoms with Gasteiger partial charge in [-0.1, -0.05) is 30.1 Å². The second kappa shape index (κ2) is 7.40. The van der Waals surface area contributed by atoms with Crippen LogP contribution in [-0.2, 0) is 19.6 Å². The van der Waals surface area contributed by atoms with Crippen LogP contribution in [0.15, 0.2) is 17.0 Å². The maximum absolute atomic E-state index is 13.6. The number of hydrogen-bond donors (Lipinski definition) is 0. The molecule has 0 saturated heterocycles. The fourth-order valence-corrected chi connectivity index (χ4v) is 3.68. The van der Waals surface area contributed by atoms with Gasteiger partial charge in [-0.3, -0.25) is 4.79 Å². The standard InChI is InChI=1S/C12H14Cl2FNO4S/c1-3-16(7-10(17)20-4-2)21(18,19)9-6-5-8(13)12(15)11(9)14/h5-6H,3-4,7H2,1-2H3. The van der Waals surface area contributed by atoms with Crippen LogP contribution < -0.4 is 0 Å². The highest BCUT2D eigenvalue weighted by Gasteiger charge is 2.29. The molecule has 9 heteroatoms. The van der Waals surface area contributed by atoms with E-state index >= 15 is 0 Å². The Morgan fingerprint density at radius 1 is 1.33 bits per heavy atom. The third-order valence-electron chi connectivity index (χ3n) is 2.58. The number of likely N-dealkylation sites (N-methyl/N-ethyl adjacent to an activating group) is 1. The number of rotatable bonds is 6. The molecular formula is C12H14Cl2FNO4S. The van der Waals surface area contributed by atoms with E-state index in [0.29, 0.717) is 0 Å². The molecule has 1 aromatic rings. The van der Waals surface area contributed by atoms with Gasteiger partial charge in [0.05, 0.1) is 16.7 Å². The number of sulfonamides is 1. The number of carbonyl (C=O) groups excluding carboxylic acids is 1. The molecule has 0 aliphatic heterocycles. The van der Waals surface area contributed by atoms with Crippen molar-refractivity contribution in [3.63, 3.8) is 0 Å². The molecule has 5 nitrogen and oxygen atoms in total. The average Bonchev–Trinajstić information content (AvgIpc) is 2.42. The summed E-state index contributed by atoms with van der Waals surface area (Å²) in [4.78, 5) is 11.0. The first-order chi connectivity index (χ1) is 9.75. The quantitative estimate of drug-likeness (QED) is 0.579. The number of nitrogens with zero attached hydrogens (tertiary/aromatic N) is 1. The van der Waals surface area contributed by atoms with Crippen molar-refractivity contribution in [2.24, 2.45) is 0 Å². The summed E-state index contributed by atoms with van der Waals surface area (Å²) >= 11 is 11.2. The smallest absolute Gasteiger partial charge is 0.321 e. The Bertz CT molecular complexity index is 636. The molecule has 0 amide bonds. The molecular weight excluding hydrogens is 344 g/mol. The van der Waals surface area contributed by atoms with Crippen molar-refractivity contribution in [3.8, 4) is 0 Å². The first-order valence-electron chi connectivity index (χ1n) is 6.04. The summed E-state index contributed by atoms with van der Waals surface area (Å²) < 4.78 is 44.0. The normalized spacial score (nSPS) is 11.7. The van der Waals surface area contributed by atoms with Crippen molar-refractivity contribution in [1.82, 2.24) is 4.31 Å². The monoisotopic (exact) mass is 357 g/mol. The van der Waals surface area contributed by atoms with E-state index in [4.69, 9.17) is 27.9 Å². The van der Waals surface area contributed by atoms with Gasteiger partial charge in [0.25, 0.3) is 0 Å². The minimum atomic E-state index is -4.13. The number of hydrogen-bond acceptors (Lipinski definition) is 4. The van der Waals surface area contributed by atoms with Gasteiger partial charge in [-0.15, -0.1) is 0 Å². The zero-order chi connectivity index (χ0) is 16.2. The Morgan fingerprint density at radius 3 is 2.48 bits per heavy atom. The molecule has 0 spiro atoms. The molecule has 1 rings (SSSR count). The van der Waals surface area contributed by atoms with E-state index in [2.05, 4.69) is 0 Å². The molecule has 118 valence electrons. The number of carbonyl (C=O) groups is 1. The molecule has 0 unspecified atom stereocenters. The fourth-order valence-electron chi connectivity index (χ4n) is 1.56. The molecule has 1 aromatic carbocycles. The van der Waals surface area contributed by atoms with Gasteiger partial charge in [0.2, 0.25) is 10.0 Å². The molecule has 0 saturated carbocycles. The molecule has 0 heterocycles. The predicted octanol–water partition coefficient (Wildman–Crippen LogP) is 2.71. The van der Waals surface area contributed by atoms with Crippen molar-refractivity contribution < 1.29 is 22.3 Å². The van der Waals surface area contributed by atoms with E-state index in [1.165, 1.54) is 6.92 Å². The minimum absolute atomic E-state index is 0.00171.